The average Bonchev–Trinajstić information content (AvgIpc) is 3.24. The van der Waals surface area contributed by atoms with Gasteiger partial charge in [0.05, 0.1) is 19.5 Å². The Morgan fingerprint density at radius 3 is 2.64 bits per heavy atom. The molecule has 5 N–H and O–H groups in total. The number of hydrogen-bond donors (Lipinski definition) is 4. The van der Waals surface area contributed by atoms with Gasteiger partial charge in [0, 0.05) is 6.42 Å². The summed E-state index contributed by atoms with van der Waals surface area (Å²) in [4.78, 5) is 12.6. The second-order valence-electron chi connectivity index (χ2n) is 6.53. The van der Waals surface area contributed by atoms with Crippen LogP contribution in [0.15, 0.2) is 36.7 Å². The first-order valence-corrected chi connectivity index (χ1v) is 8.87. The van der Waals surface area contributed by atoms with Crippen molar-refractivity contribution in [3.63, 3.8) is 0 Å². The lowest BCUT2D eigenvalue weighted by atomic mass is 10.1. The third kappa shape index (κ3) is 3.38. The molecular weight excluding hydrogens is 366 g/mol. The van der Waals surface area contributed by atoms with Gasteiger partial charge in [0.25, 0.3) is 0 Å². The molecule has 0 bridgehead atoms. The Kier molecular flexibility index (Phi) is 5.09. The summed E-state index contributed by atoms with van der Waals surface area (Å²) in [5.41, 5.74) is 7.72. The summed E-state index contributed by atoms with van der Waals surface area (Å²) < 4.78 is 12.6. The lowest BCUT2D eigenvalue weighted by molar-refractivity contribution is -0.0511. The fourth-order valence-electron chi connectivity index (χ4n) is 3.18. The zero-order chi connectivity index (χ0) is 19.7. The Balaban J connectivity index is 1.56. The highest BCUT2D eigenvalue weighted by molar-refractivity contribution is 5.82. The van der Waals surface area contributed by atoms with E-state index in [1.54, 1.807) is 0 Å². The highest BCUT2D eigenvalue weighted by Crippen LogP contribution is 2.32. The fraction of sp³-hybridized carbons (Fsp3) is 0.389. The van der Waals surface area contributed by atoms with E-state index in [1.807, 2.05) is 30.3 Å². The summed E-state index contributed by atoms with van der Waals surface area (Å²) in [5, 5.41) is 29.5. The predicted molar refractivity (Wildman–Crippen MR) is 98.4 cm³/mol. The van der Waals surface area contributed by atoms with Crippen LogP contribution in [0.1, 0.15) is 11.8 Å². The van der Waals surface area contributed by atoms with Crippen molar-refractivity contribution in [3.8, 4) is 6.01 Å². The minimum absolute atomic E-state index is 0.0782. The highest BCUT2D eigenvalue weighted by Gasteiger charge is 2.44. The fourth-order valence-corrected chi connectivity index (χ4v) is 3.18. The number of nitrogens with two attached hydrogens (primary N) is 1. The van der Waals surface area contributed by atoms with E-state index < -0.39 is 31.1 Å². The standard InChI is InChI=1S/C18H21N5O5/c19-15-12-16(22-18(21-15)27-7-6-10-4-2-1-3-5-10)23(9-20-12)17-14(26)13(25)11(8-24)28-17/h1-5,9,11,13-14,17,24-26H,6-8H2,(H2,19,21,22)/t11-,13-,14-,17-/m1/s1. The van der Waals surface area contributed by atoms with Crippen LogP contribution < -0.4 is 10.5 Å². The van der Waals surface area contributed by atoms with Gasteiger partial charge in [-0.1, -0.05) is 30.3 Å². The van der Waals surface area contributed by atoms with Gasteiger partial charge in [0.2, 0.25) is 0 Å². The monoisotopic (exact) mass is 387 g/mol. The van der Waals surface area contributed by atoms with E-state index in [1.165, 1.54) is 10.9 Å². The van der Waals surface area contributed by atoms with E-state index in [0.29, 0.717) is 24.2 Å². The first-order valence-electron chi connectivity index (χ1n) is 8.87. The molecular formula is C18H21N5O5. The molecule has 10 nitrogen and oxygen atoms in total. The Morgan fingerprint density at radius 1 is 1.14 bits per heavy atom. The van der Waals surface area contributed by atoms with Crippen LogP contribution >= 0.6 is 0 Å². The van der Waals surface area contributed by atoms with Gasteiger partial charge in [0.15, 0.2) is 23.2 Å². The van der Waals surface area contributed by atoms with E-state index in [-0.39, 0.29) is 11.8 Å². The van der Waals surface area contributed by atoms with Crippen LogP contribution in [0.2, 0.25) is 0 Å². The summed E-state index contributed by atoms with van der Waals surface area (Å²) in [5.74, 6) is 0.130. The van der Waals surface area contributed by atoms with Crippen LogP contribution in [-0.4, -0.2) is 66.4 Å². The maximum absolute atomic E-state index is 10.3. The Bertz CT molecular complexity index is 950. The number of aromatic nitrogens is 4. The molecule has 0 unspecified atom stereocenters. The molecule has 0 radical (unpaired) electrons. The summed E-state index contributed by atoms with van der Waals surface area (Å²) in [6, 6.07) is 9.93. The zero-order valence-electron chi connectivity index (χ0n) is 14.9. The van der Waals surface area contributed by atoms with Crippen molar-refractivity contribution in [2.75, 3.05) is 18.9 Å². The second-order valence-corrected chi connectivity index (χ2v) is 6.53. The predicted octanol–water partition coefficient (Wildman–Crippen LogP) is -0.359. The molecule has 0 amide bonds. The number of aliphatic hydroxyl groups is 3. The molecule has 0 aliphatic carbocycles. The summed E-state index contributed by atoms with van der Waals surface area (Å²) in [6.45, 7) is -0.0662. The zero-order valence-corrected chi connectivity index (χ0v) is 14.9. The maximum atomic E-state index is 10.3. The van der Waals surface area contributed by atoms with Gasteiger partial charge in [-0.25, -0.2) is 4.98 Å². The van der Waals surface area contributed by atoms with Crippen molar-refractivity contribution in [2.45, 2.75) is 31.0 Å². The lowest BCUT2D eigenvalue weighted by Gasteiger charge is -2.16. The Hall–Kier alpha value is -2.79. The van der Waals surface area contributed by atoms with Crippen molar-refractivity contribution in [1.29, 1.82) is 0 Å². The first-order chi connectivity index (χ1) is 13.6. The van der Waals surface area contributed by atoms with Crippen LogP contribution in [0.5, 0.6) is 6.01 Å². The molecule has 28 heavy (non-hydrogen) atoms. The number of nitrogen functional groups attached to an aromatic ring is 1. The van der Waals surface area contributed by atoms with Crippen LogP contribution in [0, 0.1) is 0 Å². The number of benzene rings is 1. The van der Waals surface area contributed by atoms with Crippen LogP contribution in [0.4, 0.5) is 5.82 Å². The smallest absolute Gasteiger partial charge is 0.320 e. The molecule has 3 heterocycles. The number of fused-ring (bicyclic) bond motifs is 1. The Labute approximate surface area is 160 Å². The van der Waals surface area contributed by atoms with Crippen molar-refractivity contribution < 1.29 is 24.8 Å². The van der Waals surface area contributed by atoms with Gasteiger partial charge >= 0.3 is 6.01 Å². The van der Waals surface area contributed by atoms with Crippen molar-refractivity contribution in [3.05, 3.63) is 42.2 Å². The van der Waals surface area contributed by atoms with Gasteiger partial charge in [0.1, 0.15) is 18.3 Å². The summed E-state index contributed by atoms with van der Waals surface area (Å²) >= 11 is 0. The number of ether oxygens (including phenoxy) is 2. The number of anilines is 1. The second kappa shape index (κ2) is 7.68. The molecule has 1 aliphatic heterocycles. The molecule has 1 fully saturated rings. The molecule has 3 aromatic rings. The third-order valence-corrected chi connectivity index (χ3v) is 4.68. The SMILES string of the molecule is Nc1nc(OCCc2ccccc2)nc2c1ncn2[C@@H]1O[C@H](CO)[C@@H](O)[C@H]1O. The molecule has 0 spiro atoms. The van der Waals surface area contributed by atoms with Crippen molar-refractivity contribution in [1.82, 2.24) is 19.5 Å². The van der Waals surface area contributed by atoms with Gasteiger partial charge in [-0.3, -0.25) is 4.57 Å². The van der Waals surface area contributed by atoms with Crippen LogP contribution in [0.3, 0.4) is 0 Å². The van der Waals surface area contributed by atoms with Crippen LogP contribution in [0.25, 0.3) is 11.2 Å². The van der Waals surface area contributed by atoms with Crippen molar-refractivity contribution in [2.24, 2.45) is 0 Å². The molecule has 10 heteroatoms. The first kappa shape index (κ1) is 18.6. The number of rotatable bonds is 6. The van der Waals surface area contributed by atoms with E-state index in [0.717, 1.165) is 5.56 Å². The number of imidazole rings is 1. The van der Waals surface area contributed by atoms with Gasteiger partial charge in [-0.2, -0.15) is 9.97 Å². The van der Waals surface area contributed by atoms with E-state index >= 15 is 0 Å². The van der Waals surface area contributed by atoms with Gasteiger partial charge < -0.3 is 30.5 Å². The lowest BCUT2D eigenvalue weighted by Crippen LogP contribution is -2.33. The van der Waals surface area contributed by atoms with Gasteiger partial charge in [-0.05, 0) is 5.56 Å². The summed E-state index contributed by atoms with van der Waals surface area (Å²) in [7, 11) is 0. The topological polar surface area (TPSA) is 149 Å². The quantitative estimate of drug-likeness (QED) is 0.445. The van der Waals surface area contributed by atoms with E-state index in [9.17, 15) is 15.3 Å². The Morgan fingerprint density at radius 2 is 1.93 bits per heavy atom. The number of aliphatic hydroxyl groups excluding tert-OH is 3. The van der Waals surface area contributed by atoms with Crippen LogP contribution in [-0.2, 0) is 11.2 Å². The number of hydrogen-bond acceptors (Lipinski definition) is 9. The minimum atomic E-state index is -1.26. The molecule has 148 valence electrons. The minimum Gasteiger partial charge on any atom is -0.463 e. The third-order valence-electron chi connectivity index (χ3n) is 4.68. The molecule has 1 aliphatic rings. The highest BCUT2D eigenvalue weighted by atomic mass is 16.6. The maximum Gasteiger partial charge on any atom is 0.320 e. The van der Waals surface area contributed by atoms with E-state index in [4.69, 9.17) is 15.2 Å². The van der Waals surface area contributed by atoms with Crippen molar-refractivity contribution >= 4 is 17.0 Å². The number of nitrogens with zero attached hydrogens (tertiary/aromatic N) is 4. The average molecular weight is 387 g/mol. The molecule has 1 aromatic carbocycles. The van der Waals surface area contributed by atoms with Gasteiger partial charge in [-0.15, -0.1) is 0 Å². The summed E-state index contributed by atoms with van der Waals surface area (Å²) in [6.07, 6.45) is -2.29. The largest absolute Gasteiger partial charge is 0.463 e. The van der Waals surface area contributed by atoms with E-state index in [2.05, 4.69) is 15.0 Å². The molecule has 4 rings (SSSR count). The molecule has 1 saturated heterocycles. The molecule has 0 saturated carbocycles. The molecule has 2 aromatic heterocycles. The normalized spacial score (nSPS) is 24.7. The molecule has 4 atom stereocenters.